The molecule has 192 valence electrons. The molecule has 2 aliphatic rings. The molecule has 0 N–H and O–H groups in total. The van der Waals surface area contributed by atoms with Gasteiger partial charge >= 0.3 is 6.16 Å². The summed E-state index contributed by atoms with van der Waals surface area (Å²) < 4.78 is 26.8. The van der Waals surface area contributed by atoms with E-state index in [1.807, 2.05) is 22.8 Å². The number of rotatable bonds is 3. The van der Waals surface area contributed by atoms with Crippen LogP contribution in [0.3, 0.4) is 0 Å². The van der Waals surface area contributed by atoms with Gasteiger partial charge in [-0.05, 0) is 77.1 Å². The van der Waals surface area contributed by atoms with Gasteiger partial charge in [-0.3, -0.25) is 4.57 Å². The van der Waals surface area contributed by atoms with E-state index in [-0.39, 0.29) is 30.0 Å². The molecular formula is C25H29ClFN5O4. The highest BCUT2D eigenvalue weighted by atomic mass is 35.5. The predicted octanol–water partition coefficient (Wildman–Crippen LogP) is 5.98. The fraction of sp³-hybridized carbons (Fsp3) is 0.520. The monoisotopic (exact) mass is 517 g/mol. The summed E-state index contributed by atoms with van der Waals surface area (Å²) >= 11 is 6.31. The summed E-state index contributed by atoms with van der Waals surface area (Å²) in [6, 6.07) is 5.61. The molecule has 0 unspecified atom stereocenters. The lowest BCUT2D eigenvalue weighted by Gasteiger charge is -2.27. The van der Waals surface area contributed by atoms with Gasteiger partial charge in [0.05, 0.1) is 18.8 Å². The molecule has 1 fully saturated rings. The minimum Gasteiger partial charge on any atom is -0.427 e. The quantitative estimate of drug-likeness (QED) is 0.391. The maximum Gasteiger partial charge on any atom is 0.528 e. The Bertz CT molecular complexity index is 1280. The van der Waals surface area contributed by atoms with E-state index in [2.05, 4.69) is 15.4 Å². The highest BCUT2D eigenvalue weighted by molar-refractivity contribution is 6.30. The SMILES string of the molecule is Cc1onc([C@H]2CC[C@H](c3nnc4n3-c3ccc(Cl)cc3CN(OC(=O)OC(C)(C)C)C4)CC2)c1F. The van der Waals surface area contributed by atoms with Gasteiger partial charge in [-0.1, -0.05) is 16.8 Å². The summed E-state index contributed by atoms with van der Waals surface area (Å²) in [5.74, 6) is 1.53. The molecule has 0 radical (unpaired) electrons. The summed E-state index contributed by atoms with van der Waals surface area (Å²) in [4.78, 5) is 17.9. The number of hydrogen-bond donors (Lipinski definition) is 0. The van der Waals surface area contributed by atoms with Crippen molar-refractivity contribution in [3.8, 4) is 5.69 Å². The first-order valence-electron chi connectivity index (χ1n) is 12.1. The van der Waals surface area contributed by atoms with Gasteiger partial charge < -0.3 is 14.1 Å². The summed E-state index contributed by atoms with van der Waals surface area (Å²) in [5, 5.41) is 15.0. The second-order valence-corrected chi connectivity index (χ2v) is 10.9. The standard InChI is InChI=1S/C25H29ClFN5O4/c1-14-21(27)22(30-35-14)15-5-7-16(8-6-15)23-29-28-20-13-31(36-24(33)34-25(2,3)4)12-17-11-18(26)9-10-19(17)32(20)23/h9-11,15-16H,5-8,12-13H2,1-4H3/t15-,16-. The first kappa shape index (κ1) is 24.7. The Labute approximate surface area is 213 Å². The lowest BCUT2D eigenvalue weighted by Crippen LogP contribution is -2.31. The molecule has 1 aromatic carbocycles. The van der Waals surface area contributed by atoms with Crippen LogP contribution in [0.2, 0.25) is 5.02 Å². The summed E-state index contributed by atoms with van der Waals surface area (Å²) in [6.07, 6.45) is 2.39. The van der Waals surface area contributed by atoms with E-state index >= 15 is 0 Å². The predicted molar refractivity (Wildman–Crippen MR) is 128 cm³/mol. The van der Waals surface area contributed by atoms with Crippen molar-refractivity contribution >= 4 is 17.8 Å². The highest BCUT2D eigenvalue weighted by Gasteiger charge is 2.34. The van der Waals surface area contributed by atoms with E-state index in [1.54, 1.807) is 27.7 Å². The molecule has 0 saturated heterocycles. The fourth-order valence-electron chi connectivity index (χ4n) is 4.96. The van der Waals surface area contributed by atoms with E-state index in [9.17, 15) is 9.18 Å². The van der Waals surface area contributed by atoms with E-state index in [1.165, 1.54) is 5.06 Å². The van der Waals surface area contributed by atoms with Crippen LogP contribution < -0.4 is 0 Å². The van der Waals surface area contributed by atoms with Gasteiger partial charge in [0, 0.05) is 16.9 Å². The van der Waals surface area contributed by atoms with Crippen LogP contribution in [0.5, 0.6) is 0 Å². The summed E-state index contributed by atoms with van der Waals surface area (Å²) in [5.41, 5.74) is 1.51. The van der Waals surface area contributed by atoms with E-state index < -0.39 is 11.8 Å². The number of aryl methyl sites for hydroxylation is 1. The maximum atomic E-state index is 14.4. The van der Waals surface area contributed by atoms with Crippen molar-refractivity contribution in [2.24, 2.45) is 0 Å². The number of benzene rings is 1. The van der Waals surface area contributed by atoms with E-state index in [0.29, 0.717) is 23.1 Å². The topological polar surface area (TPSA) is 95.5 Å². The van der Waals surface area contributed by atoms with Gasteiger partial charge in [-0.2, -0.15) is 0 Å². The number of carbonyl (C=O) groups is 1. The number of nitrogens with zero attached hydrogens (tertiary/aromatic N) is 5. The van der Waals surface area contributed by atoms with E-state index in [4.69, 9.17) is 25.7 Å². The second kappa shape index (κ2) is 9.48. The smallest absolute Gasteiger partial charge is 0.427 e. The summed E-state index contributed by atoms with van der Waals surface area (Å²) in [6.45, 7) is 7.47. The molecule has 1 saturated carbocycles. The Morgan fingerprint density at radius 3 is 2.53 bits per heavy atom. The molecule has 1 aliphatic carbocycles. The Balaban J connectivity index is 1.40. The molecule has 11 heteroatoms. The van der Waals surface area contributed by atoms with Crippen molar-refractivity contribution in [1.82, 2.24) is 25.0 Å². The number of hydroxylamine groups is 2. The number of halogens is 2. The molecule has 1 aliphatic heterocycles. The molecule has 36 heavy (non-hydrogen) atoms. The Morgan fingerprint density at radius 1 is 1.14 bits per heavy atom. The molecule has 2 aromatic heterocycles. The average Bonchev–Trinajstić information content (AvgIpc) is 3.31. The number of hydrogen-bond acceptors (Lipinski definition) is 8. The zero-order valence-corrected chi connectivity index (χ0v) is 21.5. The number of carbonyl (C=O) groups excluding carboxylic acids is 1. The third kappa shape index (κ3) is 4.97. The van der Waals surface area contributed by atoms with Crippen molar-refractivity contribution in [3.05, 3.63) is 57.7 Å². The highest BCUT2D eigenvalue weighted by Crippen LogP contribution is 2.42. The number of aromatic nitrogens is 4. The van der Waals surface area contributed by atoms with Crippen LogP contribution in [0.25, 0.3) is 5.69 Å². The molecular weight excluding hydrogens is 489 g/mol. The lowest BCUT2D eigenvalue weighted by atomic mass is 9.80. The third-order valence-electron chi connectivity index (χ3n) is 6.59. The Hall–Kier alpha value is -2.98. The van der Waals surface area contributed by atoms with Crippen LogP contribution in [0, 0.1) is 12.7 Å². The molecule has 9 nitrogen and oxygen atoms in total. The Kier molecular flexibility index (Phi) is 6.50. The summed E-state index contributed by atoms with van der Waals surface area (Å²) in [7, 11) is 0. The van der Waals surface area contributed by atoms with Crippen LogP contribution in [0.15, 0.2) is 22.7 Å². The van der Waals surface area contributed by atoms with Crippen molar-refractivity contribution < 1.29 is 23.3 Å². The van der Waals surface area contributed by atoms with Gasteiger partial charge in [0.1, 0.15) is 17.1 Å². The first-order chi connectivity index (χ1) is 17.1. The third-order valence-corrected chi connectivity index (χ3v) is 6.82. The Morgan fingerprint density at radius 2 is 1.86 bits per heavy atom. The van der Waals surface area contributed by atoms with Crippen molar-refractivity contribution in [3.63, 3.8) is 0 Å². The molecule has 3 aromatic rings. The van der Waals surface area contributed by atoms with Gasteiger partial charge in [-0.15, -0.1) is 15.3 Å². The van der Waals surface area contributed by atoms with Gasteiger partial charge in [0.15, 0.2) is 17.4 Å². The largest absolute Gasteiger partial charge is 0.528 e. The zero-order valence-electron chi connectivity index (χ0n) is 20.8. The zero-order chi connectivity index (χ0) is 25.6. The van der Waals surface area contributed by atoms with Gasteiger partial charge in [0.25, 0.3) is 0 Å². The minimum absolute atomic E-state index is 0.0223. The molecule has 5 rings (SSSR count). The molecule has 0 atom stereocenters. The normalized spacial score (nSPS) is 20.4. The van der Waals surface area contributed by atoms with Crippen molar-refractivity contribution in [2.45, 2.75) is 83.9 Å². The van der Waals surface area contributed by atoms with Crippen molar-refractivity contribution in [2.75, 3.05) is 0 Å². The molecule has 0 bridgehead atoms. The first-order valence-corrected chi connectivity index (χ1v) is 12.5. The lowest BCUT2D eigenvalue weighted by molar-refractivity contribution is -0.155. The minimum atomic E-state index is -0.784. The molecule has 3 heterocycles. The molecule has 0 spiro atoms. The van der Waals surface area contributed by atoms with Crippen LogP contribution in [0.1, 0.15) is 87.0 Å². The van der Waals surface area contributed by atoms with Crippen molar-refractivity contribution in [1.29, 1.82) is 0 Å². The maximum absolute atomic E-state index is 14.4. The average molecular weight is 518 g/mol. The number of ether oxygens (including phenoxy) is 1. The van der Waals surface area contributed by atoms with Crippen LogP contribution in [0.4, 0.5) is 9.18 Å². The van der Waals surface area contributed by atoms with Crippen LogP contribution >= 0.6 is 11.6 Å². The number of fused-ring (bicyclic) bond motifs is 3. The van der Waals surface area contributed by atoms with Crippen LogP contribution in [-0.2, 0) is 22.7 Å². The van der Waals surface area contributed by atoms with Gasteiger partial charge in [-0.25, -0.2) is 9.18 Å². The van der Waals surface area contributed by atoms with E-state index in [0.717, 1.165) is 42.8 Å². The van der Waals surface area contributed by atoms with Gasteiger partial charge in [0.2, 0.25) is 0 Å². The van der Waals surface area contributed by atoms with Crippen LogP contribution in [-0.4, -0.2) is 36.7 Å². The second-order valence-electron chi connectivity index (χ2n) is 10.4. The fourth-order valence-corrected chi connectivity index (χ4v) is 5.15. The molecule has 0 amide bonds.